The number of aromatic nitrogens is 4. The maximum absolute atomic E-state index is 14.0. The average Bonchev–Trinajstić information content (AvgIpc) is 3.10. The van der Waals surface area contributed by atoms with Crippen molar-refractivity contribution in [2.75, 3.05) is 11.9 Å². The van der Waals surface area contributed by atoms with Gasteiger partial charge >= 0.3 is 0 Å². The molecule has 4 N–H and O–H groups in total. The third-order valence-electron chi connectivity index (χ3n) is 4.44. The second-order valence-corrected chi connectivity index (χ2v) is 7.89. The molecule has 30 heavy (non-hydrogen) atoms. The second kappa shape index (κ2) is 8.23. The number of halogens is 1. The number of carbonyl (C=O) groups is 1. The molecule has 3 aromatic heterocycles. The fourth-order valence-electron chi connectivity index (χ4n) is 2.75. The Hall–Kier alpha value is -3.27. The summed E-state index contributed by atoms with van der Waals surface area (Å²) in [6.45, 7) is 6.15. The lowest BCUT2D eigenvalue weighted by molar-refractivity contribution is -0.00177. The summed E-state index contributed by atoms with van der Waals surface area (Å²) in [5, 5.41) is 19.9. The van der Waals surface area contributed by atoms with Crippen molar-refractivity contribution in [3.8, 4) is 11.3 Å². The maximum Gasteiger partial charge on any atom is 0.256 e. The minimum atomic E-state index is -1.63. The van der Waals surface area contributed by atoms with Crippen LogP contribution in [0.2, 0.25) is 0 Å². The number of aliphatic hydroxyl groups is 1. The van der Waals surface area contributed by atoms with Crippen LogP contribution in [0.5, 0.6) is 0 Å². The molecule has 0 saturated carbocycles. The molecule has 0 saturated heterocycles. The molecular weight excluding hydrogens is 391 g/mol. The van der Waals surface area contributed by atoms with Crippen molar-refractivity contribution in [2.45, 2.75) is 45.5 Å². The first-order valence-corrected chi connectivity index (χ1v) is 9.55. The fraction of sp³-hybridized carbons (Fsp3) is 0.400. The summed E-state index contributed by atoms with van der Waals surface area (Å²) in [4.78, 5) is 30.9. The molecule has 0 aliphatic heterocycles. The SMILES string of the molecule is CC(C)Nc1c(C(=O)NC[C@@H](F)C(C)(C)O)cnc2cc(-c3ccc(=O)[nH]c3)nn12. The van der Waals surface area contributed by atoms with Gasteiger partial charge in [0.15, 0.2) is 5.65 Å². The van der Waals surface area contributed by atoms with E-state index in [2.05, 4.69) is 25.7 Å². The zero-order chi connectivity index (χ0) is 22.1. The van der Waals surface area contributed by atoms with Gasteiger partial charge in [0.05, 0.1) is 17.8 Å². The van der Waals surface area contributed by atoms with E-state index >= 15 is 0 Å². The van der Waals surface area contributed by atoms with Crippen molar-refractivity contribution in [1.29, 1.82) is 0 Å². The summed E-state index contributed by atoms with van der Waals surface area (Å²) in [5.74, 6) is -0.137. The van der Waals surface area contributed by atoms with Crippen molar-refractivity contribution in [3.63, 3.8) is 0 Å². The zero-order valence-corrected chi connectivity index (χ0v) is 17.2. The van der Waals surface area contributed by atoms with Gasteiger partial charge in [-0.25, -0.2) is 9.37 Å². The van der Waals surface area contributed by atoms with E-state index in [1.165, 1.54) is 30.6 Å². The number of anilines is 1. The van der Waals surface area contributed by atoms with Gasteiger partial charge in [-0.05, 0) is 33.8 Å². The highest BCUT2D eigenvalue weighted by molar-refractivity contribution is 5.99. The molecule has 0 bridgehead atoms. The molecule has 0 unspecified atom stereocenters. The standard InChI is InChI=1S/C20H25FN6O3/c1-11(2)25-18-13(19(29)24-10-15(21)20(3,4)30)9-22-16-7-14(26-27(16)18)12-5-6-17(28)23-8-12/h5-9,11,15,25,30H,10H2,1-4H3,(H,23,28)(H,24,29)/t15-/m1/s1. The Bertz CT molecular complexity index is 1100. The van der Waals surface area contributed by atoms with Crippen LogP contribution in [0, 0.1) is 0 Å². The number of hydrogen-bond donors (Lipinski definition) is 4. The first kappa shape index (κ1) is 21.4. The van der Waals surface area contributed by atoms with Crippen molar-refractivity contribution in [1.82, 2.24) is 24.9 Å². The Morgan fingerprint density at radius 1 is 1.37 bits per heavy atom. The number of amides is 1. The Labute approximate surface area is 172 Å². The quantitative estimate of drug-likeness (QED) is 0.465. The van der Waals surface area contributed by atoms with Crippen molar-refractivity contribution < 1.29 is 14.3 Å². The van der Waals surface area contributed by atoms with Gasteiger partial charge in [-0.15, -0.1) is 0 Å². The van der Waals surface area contributed by atoms with Gasteiger partial charge in [-0.1, -0.05) is 0 Å². The van der Waals surface area contributed by atoms with Crippen LogP contribution in [0.1, 0.15) is 38.1 Å². The third kappa shape index (κ3) is 4.65. The number of H-pyrrole nitrogens is 1. The smallest absolute Gasteiger partial charge is 0.256 e. The molecule has 1 amide bonds. The molecule has 0 aromatic carbocycles. The number of nitrogens with one attached hydrogen (secondary N) is 3. The van der Waals surface area contributed by atoms with Crippen LogP contribution in [-0.2, 0) is 0 Å². The molecule has 0 aliphatic rings. The van der Waals surface area contributed by atoms with E-state index in [-0.39, 0.29) is 23.7 Å². The van der Waals surface area contributed by atoms with E-state index in [0.717, 1.165) is 0 Å². The van der Waals surface area contributed by atoms with Crippen molar-refractivity contribution >= 4 is 17.4 Å². The monoisotopic (exact) mass is 416 g/mol. The second-order valence-electron chi connectivity index (χ2n) is 7.89. The van der Waals surface area contributed by atoms with Crippen LogP contribution >= 0.6 is 0 Å². The lowest BCUT2D eigenvalue weighted by Gasteiger charge is -2.22. The van der Waals surface area contributed by atoms with Gasteiger partial charge in [0.1, 0.15) is 17.6 Å². The topological polar surface area (TPSA) is 124 Å². The number of pyridine rings is 1. The molecule has 3 heterocycles. The number of carbonyl (C=O) groups excluding carboxylic acids is 1. The van der Waals surface area contributed by atoms with Crippen LogP contribution < -0.4 is 16.2 Å². The predicted molar refractivity (Wildman–Crippen MR) is 111 cm³/mol. The summed E-state index contributed by atoms with van der Waals surface area (Å²) in [7, 11) is 0. The molecule has 160 valence electrons. The third-order valence-corrected chi connectivity index (χ3v) is 4.44. The summed E-state index contributed by atoms with van der Waals surface area (Å²) in [5.41, 5.74) is 0.146. The number of hydrogen-bond acceptors (Lipinski definition) is 6. The Balaban J connectivity index is 1.98. The highest BCUT2D eigenvalue weighted by atomic mass is 19.1. The van der Waals surface area contributed by atoms with Gasteiger partial charge in [0.2, 0.25) is 5.56 Å². The lowest BCUT2D eigenvalue weighted by Crippen LogP contribution is -2.42. The minimum Gasteiger partial charge on any atom is -0.387 e. The van der Waals surface area contributed by atoms with Crippen LogP contribution in [-0.4, -0.2) is 55.0 Å². The molecule has 0 radical (unpaired) electrons. The van der Waals surface area contributed by atoms with E-state index in [0.29, 0.717) is 22.7 Å². The number of rotatable bonds is 7. The van der Waals surface area contributed by atoms with Gasteiger partial charge < -0.3 is 20.7 Å². The highest BCUT2D eigenvalue weighted by Gasteiger charge is 2.27. The molecular formula is C20H25FN6O3. The fourth-order valence-corrected chi connectivity index (χ4v) is 2.75. The molecule has 0 aliphatic carbocycles. The first-order valence-electron chi connectivity index (χ1n) is 9.55. The molecule has 10 heteroatoms. The van der Waals surface area contributed by atoms with E-state index in [1.54, 1.807) is 18.3 Å². The van der Waals surface area contributed by atoms with E-state index in [9.17, 15) is 19.1 Å². The highest BCUT2D eigenvalue weighted by Crippen LogP contribution is 2.23. The molecule has 0 fully saturated rings. The predicted octanol–water partition coefficient (Wildman–Crippen LogP) is 1.74. The number of aromatic amines is 1. The van der Waals surface area contributed by atoms with Crippen LogP contribution in [0.25, 0.3) is 16.9 Å². The maximum atomic E-state index is 14.0. The van der Waals surface area contributed by atoms with E-state index in [1.807, 2.05) is 13.8 Å². The Morgan fingerprint density at radius 2 is 2.10 bits per heavy atom. The number of fused-ring (bicyclic) bond motifs is 1. The van der Waals surface area contributed by atoms with Crippen molar-refractivity contribution in [3.05, 3.63) is 46.5 Å². The van der Waals surface area contributed by atoms with Crippen LogP contribution in [0.4, 0.5) is 10.2 Å². The summed E-state index contributed by atoms with van der Waals surface area (Å²) in [6.07, 6.45) is 1.31. The molecule has 3 rings (SSSR count). The Morgan fingerprint density at radius 3 is 2.70 bits per heavy atom. The number of alkyl halides is 1. The molecule has 1 atom stereocenters. The molecule has 0 spiro atoms. The largest absolute Gasteiger partial charge is 0.387 e. The van der Waals surface area contributed by atoms with Crippen molar-refractivity contribution in [2.24, 2.45) is 0 Å². The normalized spacial score (nSPS) is 12.9. The van der Waals surface area contributed by atoms with Gasteiger partial charge in [-0.3, -0.25) is 9.59 Å². The minimum absolute atomic E-state index is 0.0202. The Kier molecular flexibility index (Phi) is 5.88. The van der Waals surface area contributed by atoms with Crippen LogP contribution in [0.15, 0.2) is 35.4 Å². The van der Waals surface area contributed by atoms with Crippen LogP contribution in [0.3, 0.4) is 0 Å². The lowest BCUT2D eigenvalue weighted by atomic mass is 10.0. The summed E-state index contributed by atoms with van der Waals surface area (Å²) in [6, 6.07) is 4.75. The van der Waals surface area contributed by atoms with Gasteiger partial charge in [-0.2, -0.15) is 9.61 Å². The number of nitrogens with zero attached hydrogens (tertiary/aromatic N) is 3. The van der Waals surface area contributed by atoms with E-state index < -0.39 is 17.7 Å². The zero-order valence-electron chi connectivity index (χ0n) is 17.2. The van der Waals surface area contributed by atoms with Gasteiger partial charge in [0.25, 0.3) is 5.91 Å². The average molecular weight is 416 g/mol. The summed E-state index contributed by atoms with van der Waals surface area (Å²) < 4.78 is 15.5. The summed E-state index contributed by atoms with van der Waals surface area (Å²) >= 11 is 0. The van der Waals surface area contributed by atoms with E-state index in [4.69, 9.17) is 0 Å². The molecule has 9 nitrogen and oxygen atoms in total. The first-order chi connectivity index (χ1) is 14.1. The van der Waals surface area contributed by atoms with Gasteiger partial charge in [0, 0.05) is 36.1 Å². The molecule has 3 aromatic rings.